The normalized spacial score (nSPS) is 11.2. The summed E-state index contributed by atoms with van der Waals surface area (Å²) >= 11 is 11.8. The van der Waals surface area contributed by atoms with Gasteiger partial charge in [0.25, 0.3) is 0 Å². The second kappa shape index (κ2) is 8.93. The summed E-state index contributed by atoms with van der Waals surface area (Å²) in [4.78, 5) is 20.8. The summed E-state index contributed by atoms with van der Waals surface area (Å²) in [7, 11) is 0. The molecule has 152 valence electrons. The fourth-order valence-electron chi connectivity index (χ4n) is 3.19. The van der Waals surface area contributed by atoms with Crippen LogP contribution in [0.5, 0.6) is 5.88 Å². The van der Waals surface area contributed by atoms with Crippen molar-refractivity contribution < 1.29 is 9.53 Å². The zero-order valence-electron chi connectivity index (χ0n) is 16.6. The van der Waals surface area contributed by atoms with Crippen LogP contribution in [0.15, 0.2) is 30.9 Å². The van der Waals surface area contributed by atoms with Crippen LogP contribution in [0, 0.1) is 6.92 Å². The number of hydrogen-bond donors (Lipinski definition) is 0. The van der Waals surface area contributed by atoms with Gasteiger partial charge in [-0.1, -0.05) is 43.1 Å². The molecule has 0 N–H and O–H groups in total. The van der Waals surface area contributed by atoms with Crippen molar-refractivity contribution in [3.8, 4) is 5.88 Å². The lowest BCUT2D eigenvalue weighted by Gasteiger charge is -2.12. The monoisotopic (exact) mass is 432 g/mol. The van der Waals surface area contributed by atoms with Crippen LogP contribution in [0.25, 0.3) is 11.0 Å². The molecule has 3 heterocycles. The molecule has 0 saturated heterocycles. The molecule has 3 aromatic rings. The average Bonchev–Trinajstić information content (AvgIpc) is 2.94. The van der Waals surface area contributed by atoms with Crippen LogP contribution in [-0.2, 0) is 17.8 Å². The SMILES string of the molecule is C=CCn1nc(C)c2c(C(C)C)cc(OCC(=O)Cc3cc(Cl)nc(Cl)c3)nc21. The van der Waals surface area contributed by atoms with Gasteiger partial charge in [0.05, 0.1) is 12.2 Å². The quantitative estimate of drug-likeness (QED) is 0.372. The Morgan fingerprint density at radius 3 is 2.55 bits per heavy atom. The number of aromatic nitrogens is 4. The van der Waals surface area contributed by atoms with Crippen LogP contribution in [0.4, 0.5) is 0 Å². The summed E-state index contributed by atoms with van der Waals surface area (Å²) in [6, 6.07) is 5.11. The molecule has 0 aliphatic carbocycles. The lowest BCUT2D eigenvalue weighted by Crippen LogP contribution is -2.15. The van der Waals surface area contributed by atoms with E-state index >= 15 is 0 Å². The van der Waals surface area contributed by atoms with Crippen LogP contribution < -0.4 is 4.74 Å². The number of pyridine rings is 2. The Hall–Kier alpha value is -2.44. The number of carbonyl (C=O) groups excluding carboxylic acids is 1. The van der Waals surface area contributed by atoms with Crippen LogP contribution in [0.2, 0.25) is 10.3 Å². The first-order chi connectivity index (χ1) is 13.8. The summed E-state index contributed by atoms with van der Waals surface area (Å²) in [6.45, 7) is 10.4. The van der Waals surface area contributed by atoms with Gasteiger partial charge in [-0.2, -0.15) is 10.1 Å². The Morgan fingerprint density at radius 2 is 1.93 bits per heavy atom. The minimum Gasteiger partial charge on any atom is -0.470 e. The van der Waals surface area contributed by atoms with E-state index in [9.17, 15) is 4.79 Å². The van der Waals surface area contributed by atoms with Gasteiger partial charge >= 0.3 is 0 Å². The average molecular weight is 433 g/mol. The van der Waals surface area contributed by atoms with Crippen LogP contribution >= 0.6 is 23.2 Å². The molecule has 0 unspecified atom stereocenters. The van der Waals surface area contributed by atoms with Crippen molar-refractivity contribution in [3.63, 3.8) is 0 Å². The van der Waals surface area contributed by atoms with Crippen molar-refractivity contribution in [1.82, 2.24) is 19.7 Å². The van der Waals surface area contributed by atoms with Gasteiger partial charge in [0.1, 0.15) is 16.9 Å². The first-order valence-electron chi connectivity index (χ1n) is 9.24. The Balaban J connectivity index is 1.83. The van der Waals surface area contributed by atoms with Crippen LogP contribution in [0.3, 0.4) is 0 Å². The summed E-state index contributed by atoms with van der Waals surface area (Å²) < 4.78 is 7.52. The Labute approximate surface area is 179 Å². The summed E-state index contributed by atoms with van der Waals surface area (Å²) in [5.41, 5.74) is 3.41. The highest BCUT2D eigenvalue weighted by Gasteiger charge is 2.18. The molecule has 0 aliphatic heterocycles. The molecule has 0 amide bonds. The van der Waals surface area contributed by atoms with E-state index in [2.05, 4.69) is 35.5 Å². The number of hydrogen-bond acceptors (Lipinski definition) is 5. The van der Waals surface area contributed by atoms with Crippen LogP contribution in [-0.4, -0.2) is 32.1 Å². The lowest BCUT2D eigenvalue weighted by molar-refractivity contribution is -0.120. The first kappa shape index (κ1) is 21.3. The van der Waals surface area contributed by atoms with Crippen molar-refractivity contribution in [1.29, 1.82) is 0 Å². The van der Waals surface area contributed by atoms with E-state index in [-0.39, 0.29) is 35.0 Å². The Morgan fingerprint density at radius 1 is 1.24 bits per heavy atom. The highest BCUT2D eigenvalue weighted by molar-refractivity contribution is 6.32. The second-order valence-electron chi connectivity index (χ2n) is 7.08. The van der Waals surface area contributed by atoms with Crippen molar-refractivity contribution in [2.45, 2.75) is 39.7 Å². The molecule has 3 rings (SSSR count). The van der Waals surface area contributed by atoms with E-state index in [1.807, 2.05) is 13.0 Å². The number of fused-ring (bicyclic) bond motifs is 1. The number of ether oxygens (including phenoxy) is 1. The topological polar surface area (TPSA) is 69.9 Å². The maximum absolute atomic E-state index is 12.4. The fourth-order valence-corrected chi connectivity index (χ4v) is 3.70. The minimum atomic E-state index is -0.118. The molecule has 0 bridgehead atoms. The van der Waals surface area contributed by atoms with Crippen molar-refractivity contribution in [2.24, 2.45) is 0 Å². The predicted octanol–water partition coefficient (Wildman–Crippen LogP) is 4.94. The highest BCUT2D eigenvalue weighted by Crippen LogP contribution is 2.30. The van der Waals surface area contributed by atoms with E-state index in [1.165, 1.54) is 0 Å². The van der Waals surface area contributed by atoms with E-state index in [1.54, 1.807) is 22.9 Å². The molecular formula is C21H22Cl2N4O2. The molecule has 0 radical (unpaired) electrons. The highest BCUT2D eigenvalue weighted by atomic mass is 35.5. The van der Waals surface area contributed by atoms with E-state index < -0.39 is 0 Å². The number of allylic oxidation sites excluding steroid dienone is 1. The van der Waals surface area contributed by atoms with Gasteiger partial charge in [-0.15, -0.1) is 6.58 Å². The van der Waals surface area contributed by atoms with Crippen molar-refractivity contribution in [2.75, 3.05) is 6.61 Å². The number of Topliss-reactive ketones (excluding diaryl/α,β-unsaturated/α-hetero) is 1. The third-order valence-electron chi connectivity index (χ3n) is 4.41. The third-order valence-corrected chi connectivity index (χ3v) is 4.80. The van der Waals surface area contributed by atoms with Crippen LogP contribution in [0.1, 0.15) is 36.6 Å². The number of aryl methyl sites for hydroxylation is 1. The molecule has 0 aromatic carbocycles. The van der Waals surface area contributed by atoms with Gasteiger partial charge in [-0.3, -0.25) is 4.79 Å². The van der Waals surface area contributed by atoms with Gasteiger partial charge in [0, 0.05) is 17.9 Å². The number of carbonyl (C=O) groups is 1. The first-order valence-corrected chi connectivity index (χ1v) is 9.99. The zero-order valence-corrected chi connectivity index (χ0v) is 18.1. The van der Waals surface area contributed by atoms with Gasteiger partial charge in [-0.05, 0) is 36.1 Å². The van der Waals surface area contributed by atoms with Gasteiger partial charge in [0.2, 0.25) is 5.88 Å². The van der Waals surface area contributed by atoms with E-state index in [0.717, 1.165) is 22.3 Å². The maximum atomic E-state index is 12.4. The lowest BCUT2D eigenvalue weighted by atomic mass is 10.00. The molecule has 0 saturated carbocycles. The van der Waals surface area contributed by atoms with E-state index in [4.69, 9.17) is 27.9 Å². The smallest absolute Gasteiger partial charge is 0.216 e. The van der Waals surface area contributed by atoms with E-state index in [0.29, 0.717) is 18.0 Å². The molecule has 29 heavy (non-hydrogen) atoms. The Bertz CT molecular complexity index is 1060. The maximum Gasteiger partial charge on any atom is 0.216 e. The molecule has 6 nitrogen and oxygen atoms in total. The second-order valence-corrected chi connectivity index (χ2v) is 7.86. The number of nitrogens with zero attached hydrogens (tertiary/aromatic N) is 4. The van der Waals surface area contributed by atoms with Gasteiger partial charge < -0.3 is 4.74 Å². The largest absolute Gasteiger partial charge is 0.470 e. The molecule has 0 aliphatic rings. The molecular weight excluding hydrogens is 411 g/mol. The van der Waals surface area contributed by atoms with Crippen molar-refractivity contribution >= 4 is 40.0 Å². The molecule has 0 fully saturated rings. The summed E-state index contributed by atoms with van der Waals surface area (Å²) in [5, 5.41) is 6.08. The zero-order chi connectivity index (χ0) is 21.1. The summed E-state index contributed by atoms with van der Waals surface area (Å²) in [5.74, 6) is 0.525. The third kappa shape index (κ3) is 4.95. The molecule has 0 spiro atoms. The molecule has 3 aromatic heterocycles. The molecule has 8 heteroatoms. The van der Waals surface area contributed by atoms with Gasteiger partial charge in [-0.25, -0.2) is 9.67 Å². The van der Waals surface area contributed by atoms with Gasteiger partial charge in [0.15, 0.2) is 11.4 Å². The fraction of sp³-hybridized carbons (Fsp3) is 0.333. The minimum absolute atomic E-state index is 0.109. The predicted molar refractivity (Wildman–Crippen MR) is 115 cm³/mol. The molecule has 0 atom stereocenters. The van der Waals surface area contributed by atoms with Crippen molar-refractivity contribution in [3.05, 3.63) is 58.0 Å². The number of halogens is 2. The Kier molecular flexibility index (Phi) is 6.55. The number of ketones is 1. The summed E-state index contributed by atoms with van der Waals surface area (Å²) in [6.07, 6.45) is 1.92. The number of rotatable bonds is 8. The standard InChI is InChI=1S/C21H22Cl2N4O2/c1-5-6-27-21-20(13(4)26-27)16(12(2)3)10-19(25-21)29-11-15(28)7-14-8-17(22)24-18(23)9-14/h5,8-10,12H,1,6-7,11H2,2-4H3.